The van der Waals surface area contributed by atoms with E-state index in [2.05, 4.69) is 9.72 Å². The van der Waals surface area contributed by atoms with Gasteiger partial charge in [-0.2, -0.15) is 13.2 Å². The molecule has 0 saturated carbocycles. The molecule has 2 N–H and O–H groups in total. The van der Waals surface area contributed by atoms with E-state index >= 15 is 0 Å². The summed E-state index contributed by atoms with van der Waals surface area (Å²) in [7, 11) is 0. The maximum absolute atomic E-state index is 13.0. The lowest BCUT2D eigenvalue weighted by atomic mass is 10.0. The van der Waals surface area contributed by atoms with Crippen molar-refractivity contribution in [2.45, 2.75) is 32.5 Å². The van der Waals surface area contributed by atoms with Crippen LogP contribution in [0.25, 0.3) is 0 Å². The smallest absolute Gasteiger partial charge is 0.418 e. The number of alkyl halides is 5. The number of nitrogens with two attached hydrogens (primary N) is 1. The van der Waals surface area contributed by atoms with Gasteiger partial charge in [0, 0.05) is 6.54 Å². The van der Waals surface area contributed by atoms with E-state index in [0.717, 1.165) is 0 Å². The number of rotatable bonds is 5. The van der Waals surface area contributed by atoms with E-state index in [9.17, 15) is 26.7 Å². The van der Waals surface area contributed by atoms with Crippen LogP contribution in [0.1, 0.15) is 35.9 Å². The third-order valence-corrected chi connectivity index (χ3v) is 2.54. The molecule has 0 fully saturated rings. The number of esters is 1. The Bertz CT molecular complexity index is 517. The monoisotopic (exact) mass is 312 g/mol. The molecule has 118 valence electrons. The number of nitrogens with zero attached hydrogens (tertiary/aromatic N) is 1. The quantitative estimate of drug-likeness (QED) is 0.670. The average Bonchev–Trinajstić information content (AvgIpc) is 2.36. The average molecular weight is 312 g/mol. The molecule has 0 saturated heterocycles. The Kier molecular flexibility index (Phi) is 5.59. The van der Waals surface area contributed by atoms with Crippen molar-refractivity contribution in [3.05, 3.63) is 28.6 Å². The lowest BCUT2D eigenvalue weighted by Crippen LogP contribution is -2.20. The zero-order valence-corrected chi connectivity index (χ0v) is 11.0. The first-order valence-corrected chi connectivity index (χ1v) is 5.94. The van der Waals surface area contributed by atoms with Gasteiger partial charge in [0.05, 0.1) is 24.3 Å². The predicted molar refractivity (Wildman–Crippen MR) is 62.4 cm³/mol. The molecular formula is C12H13F5N2O2. The van der Waals surface area contributed by atoms with Gasteiger partial charge in [0.15, 0.2) is 0 Å². The molecule has 4 nitrogen and oxygen atoms in total. The van der Waals surface area contributed by atoms with Crippen molar-refractivity contribution in [2.24, 2.45) is 5.73 Å². The molecule has 0 aromatic carbocycles. The summed E-state index contributed by atoms with van der Waals surface area (Å²) in [4.78, 5) is 14.6. The molecule has 1 aromatic rings. The fourth-order valence-electron chi connectivity index (χ4n) is 1.78. The lowest BCUT2D eigenvalue weighted by Gasteiger charge is -2.17. The van der Waals surface area contributed by atoms with Crippen LogP contribution in [0, 0.1) is 0 Å². The van der Waals surface area contributed by atoms with Crippen molar-refractivity contribution < 1.29 is 31.5 Å². The second-order valence-corrected chi connectivity index (χ2v) is 4.01. The molecule has 1 aromatic heterocycles. The molecule has 1 heterocycles. The third kappa shape index (κ3) is 4.35. The summed E-state index contributed by atoms with van der Waals surface area (Å²) in [5, 5.41) is 0. The number of carbonyl (C=O) groups is 1. The van der Waals surface area contributed by atoms with E-state index in [1.807, 2.05) is 0 Å². The maximum atomic E-state index is 13.0. The minimum absolute atomic E-state index is 0.0432. The Labute approximate surface area is 117 Å². The number of hydrogen-bond donors (Lipinski definition) is 1. The number of hydrogen-bond acceptors (Lipinski definition) is 4. The standard InChI is InChI=1S/C12H13F5N2O2/c1-2-21-9(20)4-7-10(12(15,16)17)6(5-18)3-8(19-7)11(13)14/h3,11H,2,4-5,18H2,1H3. The minimum atomic E-state index is -4.86. The normalized spacial score (nSPS) is 11.8. The topological polar surface area (TPSA) is 65.2 Å². The molecule has 0 unspecified atom stereocenters. The Balaban J connectivity index is 3.40. The van der Waals surface area contributed by atoms with Gasteiger partial charge in [0.25, 0.3) is 6.43 Å². The molecule has 0 amide bonds. The number of halogens is 5. The van der Waals surface area contributed by atoms with E-state index in [1.54, 1.807) is 0 Å². The van der Waals surface area contributed by atoms with Crippen LogP contribution in [-0.4, -0.2) is 17.6 Å². The highest BCUT2D eigenvalue weighted by Gasteiger charge is 2.38. The van der Waals surface area contributed by atoms with Crippen LogP contribution in [0.4, 0.5) is 22.0 Å². The molecular weight excluding hydrogens is 299 g/mol. The molecule has 1 rings (SSSR count). The van der Waals surface area contributed by atoms with E-state index in [-0.39, 0.29) is 6.61 Å². The fourth-order valence-corrected chi connectivity index (χ4v) is 1.78. The van der Waals surface area contributed by atoms with E-state index in [4.69, 9.17) is 5.73 Å². The van der Waals surface area contributed by atoms with Crippen LogP contribution in [0.3, 0.4) is 0 Å². The molecule has 0 aliphatic heterocycles. The van der Waals surface area contributed by atoms with Crippen LogP contribution in [-0.2, 0) is 28.7 Å². The second-order valence-electron chi connectivity index (χ2n) is 4.01. The molecule has 21 heavy (non-hydrogen) atoms. The van der Waals surface area contributed by atoms with Gasteiger partial charge in [-0.1, -0.05) is 0 Å². The maximum Gasteiger partial charge on any atom is 0.418 e. The number of pyridine rings is 1. The summed E-state index contributed by atoms with van der Waals surface area (Å²) in [6, 6.07) is 0.599. The van der Waals surface area contributed by atoms with E-state index in [1.165, 1.54) is 6.92 Å². The van der Waals surface area contributed by atoms with Gasteiger partial charge in [-0.05, 0) is 18.6 Å². The van der Waals surface area contributed by atoms with E-state index in [0.29, 0.717) is 6.07 Å². The summed E-state index contributed by atoms with van der Waals surface area (Å²) in [5.74, 6) is -0.982. The molecule has 0 spiro atoms. The second kappa shape index (κ2) is 6.79. The predicted octanol–water partition coefficient (Wildman–Crippen LogP) is 2.60. The summed E-state index contributed by atoms with van der Waals surface area (Å²) in [6.45, 7) is 0.822. The van der Waals surface area contributed by atoms with Gasteiger partial charge in [0.2, 0.25) is 0 Å². The highest BCUT2D eigenvalue weighted by molar-refractivity contribution is 5.72. The van der Waals surface area contributed by atoms with Crippen molar-refractivity contribution in [3.8, 4) is 0 Å². The fraction of sp³-hybridized carbons (Fsp3) is 0.500. The Morgan fingerprint density at radius 1 is 1.43 bits per heavy atom. The van der Waals surface area contributed by atoms with Crippen LogP contribution >= 0.6 is 0 Å². The summed E-state index contributed by atoms with van der Waals surface area (Å²) in [5.41, 5.74) is 1.72. The van der Waals surface area contributed by atoms with Gasteiger partial charge in [0.1, 0.15) is 5.69 Å². The van der Waals surface area contributed by atoms with Gasteiger partial charge >= 0.3 is 12.1 Å². The van der Waals surface area contributed by atoms with Crippen molar-refractivity contribution in [1.29, 1.82) is 0 Å². The molecule has 0 radical (unpaired) electrons. The van der Waals surface area contributed by atoms with Gasteiger partial charge in [-0.3, -0.25) is 9.78 Å². The number of carbonyl (C=O) groups excluding carboxylic acids is 1. The summed E-state index contributed by atoms with van der Waals surface area (Å²) in [6.07, 6.45) is -8.78. The van der Waals surface area contributed by atoms with Gasteiger partial charge < -0.3 is 10.5 Å². The number of ether oxygens (including phenoxy) is 1. The van der Waals surface area contributed by atoms with Gasteiger partial charge in [-0.15, -0.1) is 0 Å². The summed E-state index contributed by atoms with van der Waals surface area (Å²) >= 11 is 0. The molecule has 0 bridgehead atoms. The van der Waals surface area contributed by atoms with Crippen LogP contribution in [0.2, 0.25) is 0 Å². The number of aromatic nitrogens is 1. The SMILES string of the molecule is CCOC(=O)Cc1nc(C(F)F)cc(CN)c1C(F)(F)F. The van der Waals surface area contributed by atoms with Crippen LogP contribution in [0.5, 0.6) is 0 Å². The Morgan fingerprint density at radius 2 is 2.05 bits per heavy atom. The summed E-state index contributed by atoms with van der Waals surface area (Å²) < 4.78 is 69.0. The van der Waals surface area contributed by atoms with Gasteiger partial charge in [-0.25, -0.2) is 8.78 Å². The zero-order valence-electron chi connectivity index (χ0n) is 11.0. The largest absolute Gasteiger partial charge is 0.466 e. The van der Waals surface area contributed by atoms with Crippen molar-refractivity contribution in [1.82, 2.24) is 4.98 Å². The van der Waals surface area contributed by atoms with Crippen molar-refractivity contribution >= 4 is 5.97 Å². The first kappa shape index (κ1) is 17.3. The molecule has 0 aliphatic rings. The van der Waals surface area contributed by atoms with Crippen LogP contribution < -0.4 is 5.73 Å². The minimum Gasteiger partial charge on any atom is -0.466 e. The highest BCUT2D eigenvalue weighted by atomic mass is 19.4. The third-order valence-electron chi connectivity index (χ3n) is 2.54. The Hall–Kier alpha value is -1.77. The highest BCUT2D eigenvalue weighted by Crippen LogP contribution is 2.36. The van der Waals surface area contributed by atoms with Crippen molar-refractivity contribution in [2.75, 3.05) is 6.61 Å². The lowest BCUT2D eigenvalue weighted by molar-refractivity contribution is -0.143. The first-order chi connectivity index (χ1) is 9.70. The molecule has 0 atom stereocenters. The molecule has 0 aliphatic carbocycles. The zero-order chi connectivity index (χ0) is 16.2. The van der Waals surface area contributed by atoms with Crippen molar-refractivity contribution in [3.63, 3.8) is 0 Å². The van der Waals surface area contributed by atoms with E-state index < -0.39 is 54.1 Å². The van der Waals surface area contributed by atoms with Crippen LogP contribution in [0.15, 0.2) is 6.07 Å². The first-order valence-electron chi connectivity index (χ1n) is 5.94. The Morgan fingerprint density at radius 3 is 2.48 bits per heavy atom. The molecule has 9 heteroatoms.